The average Bonchev–Trinajstić information content (AvgIpc) is 2.47. The zero-order valence-corrected chi connectivity index (χ0v) is 15.3. The van der Waals surface area contributed by atoms with Crippen LogP contribution in [0.4, 0.5) is 0 Å². The summed E-state index contributed by atoms with van der Waals surface area (Å²) in [6.45, 7) is 8.11. The number of carbonyl (C=O) groups excluding carboxylic acids is 1. The van der Waals surface area contributed by atoms with Gasteiger partial charge < -0.3 is 27.0 Å². The minimum absolute atomic E-state index is 0. The van der Waals surface area contributed by atoms with Gasteiger partial charge in [0.1, 0.15) is 13.2 Å². The molecule has 4 heteroatoms. The van der Waals surface area contributed by atoms with Crippen molar-refractivity contribution < 1.29 is 31.8 Å². The summed E-state index contributed by atoms with van der Waals surface area (Å²) in [6.07, 6.45) is 15.0. The maximum Gasteiger partial charge on any atom is 0.330 e. The number of halogens is 1. The molecule has 0 spiro atoms. The number of hydrogen-bond acceptors (Lipinski definition) is 2. The van der Waals surface area contributed by atoms with E-state index in [0.717, 1.165) is 13.1 Å². The summed E-state index contributed by atoms with van der Waals surface area (Å²) in [6, 6.07) is 0. The van der Waals surface area contributed by atoms with E-state index in [2.05, 4.69) is 18.8 Å². The summed E-state index contributed by atoms with van der Waals surface area (Å²) in [5.41, 5.74) is 0. The van der Waals surface area contributed by atoms with Gasteiger partial charge in [0.25, 0.3) is 0 Å². The first-order valence-electron chi connectivity index (χ1n) is 8.42. The van der Waals surface area contributed by atoms with Crippen LogP contribution in [0, 0.1) is 0 Å². The summed E-state index contributed by atoms with van der Waals surface area (Å²) in [5, 5.41) is 2.22. The molecule has 0 aromatic rings. The molecule has 0 aliphatic rings. The summed E-state index contributed by atoms with van der Waals surface area (Å²) < 4.78 is 4.90. The predicted octanol–water partition coefficient (Wildman–Crippen LogP) is 0.204. The molecule has 0 saturated heterocycles. The first kappa shape index (κ1) is 22.9. The molecular weight excluding hydrogens is 330 g/mol. The molecule has 0 aromatic carbocycles. The van der Waals surface area contributed by atoms with Gasteiger partial charge in [-0.25, -0.2) is 4.79 Å². The van der Waals surface area contributed by atoms with Crippen molar-refractivity contribution in [2.75, 3.05) is 19.7 Å². The fourth-order valence-electron chi connectivity index (χ4n) is 2.22. The number of quaternary nitrogens is 1. The Morgan fingerprint density at radius 1 is 0.952 bits per heavy atom. The molecule has 21 heavy (non-hydrogen) atoms. The number of rotatable bonds is 15. The number of esters is 1. The minimum Gasteiger partial charge on any atom is -1.00 e. The van der Waals surface area contributed by atoms with E-state index >= 15 is 0 Å². The van der Waals surface area contributed by atoms with Crippen LogP contribution in [0.5, 0.6) is 0 Å². The molecule has 0 rings (SSSR count). The molecule has 0 fully saturated rings. The maximum absolute atomic E-state index is 10.8. The van der Waals surface area contributed by atoms with Crippen LogP contribution < -0.4 is 22.3 Å². The van der Waals surface area contributed by atoms with Gasteiger partial charge in [-0.05, 0) is 12.8 Å². The first-order chi connectivity index (χ1) is 9.81. The molecule has 0 heterocycles. The van der Waals surface area contributed by atoms with Crippen LogP contribution in [0.15, 0.2) is 12.7 Å². The van der Waals surface area contributed by atoms with Crippen molar-refractivity contribution >= 4 is 5.97 Å². The molecule has 0 aromatic heterocycles. The Morgan fingerprint density at radius 2 is 1.48 bits per heavy atom. The second kappa shape index (κ2) is 19.7. The van der Waals surface area contributed by atoms with Crippen molar-refractivity contribution in [3.63, 3.8) is 0 Å². The van der Waals surface area contributed by atoms with Crippen LogP contribution in [0.3, 0.4) is 0 Å². The largest absolute Gasteiger partial charge is 1.00 e. The summed E-state index contributed by atoms with van der Waals surface area (Å²) in [5.74, 6) is -0.322. The van der Waals surface area contributed by atoms with Gasteiger partial charge in [0.2, 0.25) is 0 Å². The second-order valence-electron chi connectivity index (χ2n) is 5.42. The third kappa shape index (κ3) is 19.6. The van der Waals surface area contributed by atoms with E-state index in [4.69, 9.17) is 4.74 Å². The Hall–Kier alpha value is -0.350. The standard InChI is InChI=1S/C17H33NO2.BrH/c1-3-5-6-7-8-9-10-11-12-13-14-18-15-16-20-17(19)4-2;/h4,18H,2-3,5-16H2,1H3;1H. The lowest BCUT2D eigenvalue weighted by atomic mass is 10.1. The number of unbranched alkanes of at least 4 members (excludes halogenated alkanes) is 9. The molecule has 126 valence electrons. The normalized spacial score (nSPS) is 9.95. The Bertz CT molecular complexity index is 235. The number of carbonyl (C=O) groups is 1. The molecule has 0 aliphatic carbocycles. The highest BCUT2D eigenvalue weighted by Crippen LogP contribution is 2.09. The first-order valence-corrected chi connectivity index (χ1v) is 8.42. The molecule has 0 atom stereocenters. The highest BCUT2D eigenvalue weighted by Gasteiger charge is 1.97. The maximum atomic E-state index is 10.8. The smallest absolute Gasteiger partial charge is 0.330 e. The predicted molar refractivity (Wildman–Crippen MR) is 84.7 cm³/mol. The Morgan fingerprint density at radius 3 is 2.00 bits per heavy atom. The third-order valence-electron chi connectivity index (χ3n) is 3.49. The van der Waals surface area contributed by atoms with Crippen molar-refractivity contribution in [3.8, 4) is 0 Å². The van der Waals surface area contributed by atoms with Crippen LogP contribution in [-0.2, 0) is 9.53 Å². The van der Waals surface area contributed by atoms with E-state index in [1.165, 1.54) is 70.3 Å². The average molecular weight is 364 g/mol. The van der Waals surface area contributed by atoms with Crippen LogP contribution in [0.2, 0.25) is 0 Å². The van der Waals surface area contributed by atoms with Gasteiger partial charge in [0.15, 0.2) is 0 Å². The van der Waals surface area contributed by atoms with Crippen molar-refractivity contribution in [3.05, 3.63) is 12.7 Å². The molecule has 0 bridgehead atoms. The van der Waals surface area contributed by atoms with Crippen molar-refractivity contribution in [1.82, 2.24) is 0 Å². The summed E-state index contributed by atoms with van der Waals surface area (Å²) in [4.78, 5) is 10.8. The number of ether oxygens (including phenoxy) is 1. The van der Waals surface area contributed by atoms with E-state index in [9.17, 15) is 4.79 Å². The van der Waals surface area contributed by atoms with Gasteiger partial charge in [-0.2, -0.15) is 0 Å². The van der Waals surface area contributed by atoms with Crippen molar-refractivity contribution in [2.45, 2.75) is 71.1 Å². The molecular formula is C17H34BrNO2. The topological polar surface area (TPSA) is 42.9 Å². The molecule has 0 radical (unpaired) electrons. The fourth-order valence-corrected chi connectivity index (χ4v) is 2.22. The van der Waals surface area contributed by atoms with Crippen LogP contribution in [-0.4, -0.2) is 25.7 Å². The second-order valence-corrected chi connectivity index (χ2v) is 5.42. The van der Waals surface area contributed by atoms with Crippen LogP contribution in [0.25, 0.3) is 0 Å². The van der Waals surface area contributed by atoms with Crippen molar-refractivity contribution in [1.29, 1.82) is 0 Å². The van der Waals surface area contributed by atoms with E-state index < -0.39 is 0 Å². The highest BCUT2D eigenvalue weighted by molar-refractivity contribution is 5.81. The van der Waals surface area contributed by atoms with Crippen molar-refractivity contribution in [2.24, 2.45) is 0 Å². The molecule has 0 amide bonds. The van der Waals surface area contributed by atoms with E-state index in [0.29, 0.717) is 6.61 Å². The summed E-state index contributed by atoms with van der Waals surface area (Å²) >= 11 is 0. The zero-order chi connectivity index (χ0) is 14.9. The summed E-state index contributed by atoms with van der Waals surface area (Å²) in [7, 11) is 0. The van der Waals surface area contributed by atoms with Gasteiger partial charge in [-0.3, -0.25) is 0 Å². The molecule has 0 saturated carbocycles. The number of hydrogen-bond donors (Lipinski definition) is 1. The highest BCUT2D eigenvalue weighted by atomic mass is 79.9. The van der Waals surface area contributed by atoms with Gasteiger partial charge >= 0.3 is 5.97 Å². The van der Waals surface area contributed by atoms with E-state index in [1.54, 1.807) is 0 Å². The monoisotopic (exact) mass is 363 g/mol. The number of nitrogens with two attached hydrogens (primary N) is 1. The minimum atomic E-state index is -0.322. The van der Waals surface area contributed by atoms with E-state index in [1.807, 2.05) is 0 Å². The Labute approximate surface area is 141 Å². The van der Waals surface area contributed by atoms with Gasteiger partial charge in [-0.1, -0.05) is 64.9 Å². The van der Waals surface area contributed by atoms with Gasteiger partial charge in [0.05, 0.1) is 6.54 Å². The Kier molecular flexibility index (Phi) is 21.5. The third-order valence-corrected chi connectivity index (χ3v) is 3.49. The van der Waals surface area contributed by atoms with Crippen LogP contribution in [0.1, 0.15) is 71.1 Å². The lowest BCUT2D eigenvalue weighted by Crippen LogP contribution is -3.00. The van der Waals surface area contributed by atoms with Gasteiger partial charge in [-0.15, -0.1) is 0 Å². The van der Waals surface area contributed by atoms with E-state index in [-0.39, 0.29) is 23.0 Å². The molecule has 3 nitrogen and oxygen atoms in total. The fraction of sp³-hybridized carbons (Fsp3) is 0.824. The van der Waals surface area contributed by atoms with Crippen LogP contribution >= 0.6 is 0 Å². The molecule has 0 aliphatic heterocycles. The zero-order valence-electron chi connectivity index (χ0n) is 13.7. The lowest BCUT2D eigenvalue weighted by Gasteiger charge is -2.03. The molecule has 0 unspecified atom stereocenters. The van der Waals surface area contributed by atoms with Gasteiger partial charge in [0, 0.05) is 6.08 Å². The Balaban J connectivity index is 0. The SMILES string of the molecule is C=CC(=O)OCC[NH2+]CCCCCCCCCCCC.[Br-]. The lowest BCUT2D eigenvalue weighted by molar-refractivity contribution is -0.656. The molecule has 2 N–H and O–H groups in total. The quantitative estimate of drug-likeness (QED) is 0.256.